The van der Waals surface area contributed by atoms with Crippen LogP contribution in [0.3, 0.4) is 0 Å². The standard InChI is InChI=1S/C34H48N8O5/c1-21(2)20-26(32(46)41-28(22(3)4)33(47)42-29(30(35)44)24-14-9-6-10-15-24)40-31(45)25(16-11-19-38-34(36)37)39-27(43)18-17-23-12-7-5-8-13-23/h5-10,12-15,17-18,21-22,25-26,28-29H,11,16,19-20H2,1-4H3,(H2,35,44)(H,39,43)(H,40,45)(H,41,46)(H,42,47)(H4,36,37,38)/b18-17+/t25-,26-,28-,29-/m0/s1. The molecule has 0 bridgehead atoms. The van der Waals surface area contributed by atoms with Crippen molar-refractivity contribution in [2.75, 3.05) is 6.54 Å². The Hall–Kier alpha value is -5.20. The third-order valence-corrected chi connectivity index (χ3v) is 7.10. The van der Waals surface area contributed by atoms with Gasteiger partial charge in [-0.15, -0.1) is 0 Å². The first-order valence-electron chi connectivity index (χ1n) is 15.6. The Morgan fingerprint density at radius 3 is 1.89 bits per heavy atom. The van der Waals surface area contributed by atoms with E-state index in [0.29, 0.717) is 12.0 Å². The van der Waals surface area contributed by atoms with E-state index in [4.69, 9.17) is 17.2 Å². The number of carbonyl (C=O) groups excluding carboxylic acids is 5. The largest absolute Gasteiger partial charge is 0.370 e. The highest BCUT2D eigenvalue weighted by Gasteiger charge is 2.32. The third kappa shape index (κ3) is 13.8. The van der Waals surface area contributed by atoms with Gasteiger partial charge in [0.05, 0.1) is 0 Å². The smallest absolute Gasteiger partial charge is 0.244 e. The molecule has 0 unspecified atom stereocenters. The first kappa shape index (κ1) is 38.0. The maximum Gasteiger partial charge on any atom is 0.244 e. The van der Waals surface area contributed by atoms with Crippen LogP contribution in [0.5, 0.6) is 0 Å². The van der Waals surface area contributed by atoms with E-state index in [0.717, 1.165) is 5.56 Å². The van der Waals surface area contributed by atoms with Gasteiger partial charge < -0.3 is 38.5 Å². The predicted molar refractivity (Wildman–Crippen MR) is 182 cm³/mol. The molecule has 0 heterocycles. The van der Waals surface area contributed by atoms with E-state index in [1.54, 1.807) is 50.3 Å². The molecular weight excluding hydrogens is 600 g/mol. The molecule has 0 aliphatic carbocycles. The van der Waals surface area contributed by atoms with E-state index in [-0.39, 0.29) is 37.2 Å². The topological polar surface area (TPSA) is 224 Å². The number of amides is 5. The fourth-order valence-corrected chi connectivity index (χ4v) is 4.69. The predicted octanol–water partition coefficient (Wildman–Crippen LogP) is 1.25. The second kappa shape index (κ2) is 19.3. The summed E-state index contributed by atoms with van der Waals surface area (Å²) in [5.41, 5.74) is 17.7. The molecule has 47 heavy (non-hydrogen) atoms. The number of aliphatic imine (C=N–C) groups is 1. The van der Waals surface area contributed by atoms with Crippen LogP contribution >= 0.6 is 0 Å². The van der Waals surface area contributed by atoms with Gasteiger partial charge >= 0.3 is 0 Å². The summed E-state index contributed by atoms with van der Waals surface area (Å²) >= 11 is 0. The second-order valence-corrected chi connectivity index (χ2v) is 11.9. The molecule has 2 aromatic rings. The van der Waals surface area contributed by atoms with E-state index in [2.05, 4.69) is 26.3 Å². The Labute approximate surface area is 276 Å². The van der Waals surface area contributed by atoms with Crippen LogP contribution in [-0.2, 0) is 24.0 Å². The molecule has 0 radical (unpaired) electrons. The number of benzene rings is 2. The van der Waals surface area contributed by atoms with Crippen LogP contribution in [0.25, 0.3) is 6.08 Å². The van der Waals surface area contributed by atoms with Gasteiger partial charge in [-0.05, 0) is 48.3 Å². The van der Waals surface area contributed by atoms with E-state index >= 15 is 0 Å². The third-order valence-electron chi connectivity index (χ3n) is 7.10. The Bertz CT molecular complexity index is 1390. The lowest BCUT2D eigenvalue weighted by Crippen LogP contribution is -2.58. The molecule has 5 amide bonds. The molecule has 10 N–H and O–H groups in total. The fourth-order valence-electron chi connectivity index (χ4n) is 4.69. The number of hydrogen-bond donors (Lipinski definition) is 7. The Morgan fingerprint density at radius 2 is 1.34 bits per heavy atom. The van der Waals surface area contributed by atoms with Crippen LogP contribution < -0.4 is 38.5 Å². The van der Waals surface area contributed by atoms with E-state index in [9.17, 15) is 24.0 Å². The number of nitrogens with zero attached hydrogens (tertiary/aromatic N) is 1. The molecule has 13 heteroatoms. The molecule has 4 atom stereocenters. The summed E-state index contributed by atoms with van der Waals surface area (Å²) in [6, 6.07) is 13.5. The summed E-state index contributed by atoms with van der Waals surface area (Å²) in [4.78, 5) is 69.5. The normalized spacial score (nSPS) is 13.7. The minimum Gasteiger partial charge on any atom is -0.370 e. The summed E-state index contributed by atoms with van der Waals surface area (Å²) in [5.74, 6) is -3.52. The monoisotopic (exact) mass is 648 g/mol. The van der Waals surface area contributed by atoms with Crippen molar-refractivity contribution in [3.8, 4) is 0 Å². The number of nitrogens with two attached hydrogens (primary N) is 3. The lowest BCUT2D eigenvalue weighted by Gasteiger charge is -2.28. The molecule has 2 rings (SSSR count). The van der Waals surface area contributed by atoms with Gasteiger partial charge in [-0.2, -0.15) is 0 Å². The fraction of sp³-hybridized carbons (Fsp3) is 0.412. The molecule has 13 nitrogen and oxygen atoms in total. The van der Waals surface area contributed by atoms with Gasteiger partial charge in [0.15, 0.2) is 5.96 Å². The second-order valence-electron chi connectivity index (χ2n) is 11.9. The molecule has 2 aromatic carbocycles. The number of guanidine groups is 1. The summed E-state index contributed by atoms with van der Waals surface area (Å²) in [6.45, 7) is 7.50. The quantitative estimate of drug-likeness (QED) is 0.0542. The first-order chi connectivity index (χ1) is 22.3. The molecule has 0 fully saturated rings. The first-order valence-corrected chi connectivity index (χ1v) is 15.6. The van der Waals surface area contributed by atoms with Crippen molar-refractivity contribution >= 4 is 41.6 Å². The minimum absolute atomic E-state index is 0.0154. The Morgan fingerprint density at radius 1 is 0.745 bits per heavy atom. The maximum atomic E-state index is 13.6. The number of rotatable bonds is 18. The molecule has 0 saturated heterocycles. The number of nitrogens with one attached hydrogen (secondary N) is 4. The van der Waals surface area contributed by atoms with Crippen LogP contribution in [0.15, 0.2) is 71.7 Å². The van der Waals surface area contributed by atoms with Gasteiger partial charge in [-0.1, -0.05) is 88.4 Å². The molecule has 254 valence electrons. The SMILES string of the molecule is CC(C)C[C@H](NC(=O)[C@H](CCCN=C(N)N)NC(=O)/C=C/c1ccccc1)C(=O)N[C@H](C(=O)N[C@H](C(N)=O)c1ccccc1)C(C)C. The van der Waals surface area contributed by atoms with Crippen LogP contribution in [0, 0.1) is 11.8 Å². The van der Waals surface area contributed by atoms with Gasteiger partial charge in [0, 0.05) is 12.6 Å². The number of hydrogen-bond acceptors (Lipinski definition) is 6. The van der Waals surface area contributed by atoms with Crippen LogP contribution in [0.2, 0.25) is 0 Å². The Kier molecular flexibility index (Phi) is 15.6. The zero-order valence-electron chi connectivity index (χ0n) is 27.4. The maximum absolute atomic E-state index is 13.6. The molecule has 0 aliphatic rings. The zero-order valence-corrected chi connectivity index (χ0v) is 27.4. The summed E-state index contributed by atoms with van der Waals surface area (Å²) in [6.07, 6.45) is 3.76. The lowest BCUT2D eigenvalue weighted by atomic mass is 9.98. The van der Waals surface area contributed by atoms with Crippen molar-refractivity contribution in [2.45, 2.75) is 71.1 Å². The van der Waals surface area contributed by atoms with Gasteiger partial charge in [0.25, 0.3) is 0 Å². The summed E-state index contributed by atoms with van der Waals surface area (Å²) in [5, 5.41) is 10.9. The lowest BCUT2D eigenvalue weighted by molar-refractivity contribution is -0.135. The molecule has 0 aliphatic heterocycles. The highest BCUT2D eigenvalue weighted by atomic mass is 16.2. The van der Waals surface area contributed by atoms with Gasteiger partial charge in [0.1, 0.15) is 24.2 Å². The average Bonchev–Trinajstić information content (AvgIpc) is 3.02. The highest BCUT2D eigenvalue weighted by Crippen LogP contribution is 2.14. The van der Waals surface area contributed by atoms with Crippen molar-refractivity contribution in [3.63, 3.8) is 0 Å². The van der Waals surface area contributed by atoms with Crippen LogP contribution in [0.1, 0.15) is 64.1 Å². The van der Waals surface area contributed by atoms with Crippen molar-refractivity contribution in [1.82, 2.24) is 21.3 Å². The van der Waals surface area contributed by atoms with Gasteiger partial charge in [0.2, 0.25) is 29.5 Å². The molecule has 0 spiro atoms. The number of primary amides is 1. The van der Waals surface area contributed by atoms with E-state index in [1.807, 2.05) is 44.2 Å². The highest BCUT2D eigenvalue weighted by molar-refractivity contribution is 5.97. The van der Waals surface area contributed by atoms with Crippen LogP contribution in [-0.4, -0.2) is 60.2 Å². The molecular formula is C34H48N8O5. The van der Waals surface area contributed by atoms with Crippen molar-refractivity contribution in [3.05, 3.63) is 77.9 Å². The average molecular weight is 649 g/mol. The number of carbonyl (C=O) groups is 5. The van der Waals surface area contributed by atoms with Crippen LogP contribution in [0.4, 0.5) is 0 Å². The Balaban J connectivity index is 2.22. The molecule has 0 aromatic heterocycles. The zero-order chi connectivity index (χ0) is 34.9. The molecule has 0 saturated carbocycles. The summed E-state index contributed by atoms with van der Waals surface area (Å²) in [7, 11) is 0. The van der Waals surface area contributed by atoms with Crippen molar-refractivity contribution in [2.24, 2.45) is 34.0 Å². The van der Waals surface area contributed by atoms with Crippen molar-refractivity contribution < 1.29 is 24.0 Å². The van der Waals surface area contributed by atoms with Crippen molar-refractivity contribution in [1.29, 1.82) is 0 Å². The minimum atomic E-state index is -1.10. The van der Waals surface area contributed by atoms with E-state index in [1.165, 1.54) is 6.08 Å². The van der Waals surface area contributed by atoms with Gasteiger partial charge in [-0.25, -0.2) is 0 Å². The summed E-state index contributed by atoms with van der Waals surface area (Å²) < 4.78 is 0. The van der Waals surface area contributed by atoms with Gasteiger partial charge in [-0.3, -0.25) is 29.0 Å². The van der Waals surface area contributed by atoms with E-state index < -0.39 is 53.7 Å².